The normalized spacial score (nSPS) is 12.8. The topological polar surface area (TPSA) is 24.7 Å². The van der Waals surface area contributed by atoms with Gasteiger partial charge in [-0.15, -0.1) is 0 Å². The maximum atomic E-state index is 4.33. The molecule has 0 aliphatic heterocycles. The third-order valence-corrected chi connectivity index (χ3v) is 3.69. The van der Waals surface area contributed by atoms with Gasteiger partial charge in [0.1, 0.15) is 0 Å². The van der Waals surface area contributed by atoms with Gasteiger partial charge in [0.25, 0.3) is 0 Å². The molecule has 0 aromatic heterocycles. The zero-order chi connectivity index (χ0) is 17.1. The largest absolute Gasteiger partial charge is 0.151 e. The summed E-state index contributed by atoms with van der Waals surface area (Å²) in [5.74, 6) is 0. The number of azo groups is 1. The lowest BCUT2D eigenvalue weighted by Crippen LogP contribution is -2.10. The average molecular weight is 308 g/mol. The molecular formula is C21H28N2. The molecule has 2 rings (SSSR count). The van der Waals surface area contributed by atoms with Crippen LogP contribution >= 0.6 is 0 Å². The van der Waals surface area contributed by atoms with E-state index in [4.69, 9.17) is 0 Å². The van der Waals surface area contributed by atoms with Crippen molar-refractivity contribution in [2.75, 3.05) is 0 Å². The summed E-state index contributed by atoms with van der Waals surface area (Å²) in [6, 6.07) is 16.7. The Morgan fingerprint density at radius 3 is 1.48 bits per heavy atom. The maximum Gasteiger partial charge on any atom is 0.0857 e. The highest BCUT2D eigenvalue weighted by Crippen LogP contribution is 2.26. The Morgan fingerprint density at radius 1 is 0.652 bits per heavy atom. The van der Waals surface area contributed by atoms with Gasteiger partial charge in [0.15, 0.2) is 0 Å². The lowest BCUT2D eigenvalue weighted by molar-refractivity contribution is 0.411. The predicted octanol–water partition coefficient (Wildman–Crippen LogP) is 6.99. The Balaban J connectivity index is 2.05. The molecule has 0 heterocycles. The van der Waals surface area contributed by atoms with Crippen LogP contribution in [0.4, 0.5) is 11.4 Å². The fourth-order valence-corrected chi connectivity index (χ4v) is 2.44. The Morgan fingerprint density at radius 2 is 1.09 bits per heavy atom. The lowest BCUT2D eigenvalue weighted by atomic mass is 9.87. The summed E-state index contributed by atoms with van der Waals surface area (Å²) in [7, 11) is 0. The first kappa shape index (κ1) is 17.4. The smallest absolute Gasteiger partial charge is 0.0857 e. The van der Waals surface area contributed by atoms with Crippen LogP contribution < -0.4 is 0 Å². The Kier molecular flexibility index (Phi) is 5.03. The molecule has 23 heavy (non-hydrogen) atoms. The van der Waals surface area contributed by atoms with Crippen LogP contribution in [0.15, 0.2) is 58.8 Å². The standard InChI is InChI=1S/C21H28N2/c1-20(2,3)15-16-7-11-18(12-8-16)22-23-19-13-9-17(10-14-19)21(4,5)6/h7-14H,15H2,1-6H3. The van der Waals surface area contributed by atoms with E-state index in [2.05, 4.69) is 76.0 Å². The zero-order valence-electron chi connectivity index (χ0n) is 15.2. The average Bonchev–Trinajstić information content (AvgIpc) is 2.44. The first-order valence-electron chi connectivity index (χ1n) is 8.25. The molecule has 0 spiro atoms. The van der Waals surface area contributed by atoms with Crippen molar-refractivity contribution in [3.63, 3.8) is 0 Å². The molecule has 0 atom stereocenters. The molecule has 2 aromatic rings. The van der Waals surface area contributed by atoms with Gasteiger partial charge in [0.2, 0.25) is 0 Å². The summed E-state index contributed by atoms with van der Waals surface area (Å²) in [6.45, 7) is 13.4. The van der Waals surface area contributed by atoms with Crippen molar-refractivity contribution in [1.82, 2.24) is 0 Å². The SMILES string of the molecule is CC(C)(C)Cc1ccc(N=Nc2ccc(C(C)(C)C)cc2)cc1. The minimum absolute atomic E-state index is 0.165. The molecule has 0 aliphatic rings. The van der Waals surface area contributed by atoms with Crippen LogP contribution in [0, 0.1) is 5.41 Å². The number of nitrogens with zero attached hydrogens (tertiary/aromatic N) is 2. The highest BCUT2D eigenvalue weighted by Gasteiger charge is 2.13. The summed E-state index contributed by atoms with van der Waals surface area (Å²) >= 11 is 0. The molecule has 0 radical (unpaired) electrons. The van der Waals surface area contributed by atoms with Crippen molar-refractivity contribution in [3.05, 3.63) is 59.7 Å². The van der Waals surface area contributed by atoms with Gasteiger partial charge in [-0.2, -0.15) is 10.2 Å². The molecule has 0 bridgehead atoms. The van der Waals surface area contributed by atoms with Crippen LogP contribution in [0.3, 0.4) is 0 Å². The molecule has 122 valence electrons. The van der Waals surface area contributed by atoms with Gasteiger partial charge >= 0.3 is 0 Å². The molecule has 0 saturated heterocycles. The molecule has 2 aromatic carbocycles. The van der Waals surface area contributed by atoms with Crippen molar-refractivity contribution in [2.24, 2.45) is 15.6 Å². The van der Waals surface area contributed by atoms with Gasteiger partial charge in [0, 0.05) is 0 Å². The second kappa shape index (κ2) is 6.66. The van der Waals surface area contributed by atoms with E-state index < -0.39 is 0 Å². The molecule has 0 aliphatic carbocycles. The van der Waals surface area contributed by atoms with Crippen molar-refractivity contribution >= 4 is 11.4 Å². The van der Waals surface area contributed by atoms with Crippen molar-refractivity contribution in [1.29, 1.82) is 0 Å². The summed E-state index contributed by atoms with van der Waals surface area (Å²) in [5, 5.41) is 8.66. The summed E-state index contributed by atoms with van der Waals surface area (Å²) in [5.41, 5.74) is 4.89. The summed E-state index contributed by atoms with van der Waals surface area (Å²) < 4.78 is 0. The van der Waals surface area contributed by atoms with E-state index in [1.807, 2.05) is 24.3 Å². The second-order valence-electron chi connectivity index (χ2n) is 8.40. The number of hydrogen-bond donors (Lipinski definition) is 0. The minimum Gasteiger partial charge on any atom is -0.151 e. The van der Waals surface area contributed by atoms with Crippen LogP contribution in [0.2, 0.25) is 0 Å². The van der Waals surface area contributed by atoms with E-state index in [1.165, 1.54) is 11.1 Å². The highest BCUT2D eigenvalue weighted by molar-refractivity contribution is 5.43. The lowest BCUT2D eigenvalue weighted by Gasteiger charge is -2.18. The molecule has 0 unspecified atom stereocenters. The van der Waals surface area contributed by atoms with Gasteiger partial charge in [0.05, 0.1) is 11.4 Å². The molecule has 0 fully saturated rings. The number of rotatable bonds is 3. The third-order valence-electron chi connectivity index (χ3n) is 3.69. The molecular weight excluding hydrogens is 280 g/mol. The number of benzene rings is 2. The Bertz CT molecular complexity index is 651. The first-order chi connectivity index (χ1) is 10.6. The van der Waals surface area contributed by atoms with Crippen LogP contribution in [0.1, 0.15) is 52.7 Å². The molecule has 0 N–H and O–H groups in total. The predicted molar refractivity (Wildman–Crippen MR) is 98.9 cm³/mol. The van der Waals surface area contributed by atoms with E-state index in [0.717, 1.165) is 17.8 Å². The van der Waals surface area contributed by atoms with Gasteiger partial charge < -0.3 is 0 Å². The maximum absolute atomic E-state index is 4.33. The van der Waals surface area contributed by atoms with Gasteiger partial charge in [-0.1, -0.05) is 65.8 Å². The summed E-state index contributed by atoms with van der Waals surface area (Å²) in [6.07, 6.45) is 1.07. The van der Waals surface area contributed by atoms with Crippen LogP contribution in [0.5, 0.6) is 0 Å². The third kappa shape index (κ3) is 5.63. The van der Waals surface area contributed by atoms with Crippen LogP contribution in [-0.4, -0.2) is 0 Å². The van der Waals surface area contributed by atoms with Gasteiger partial charge in [-0.3, -0.25) is 0 Å². The van der Waals surface area contributed by atoms with Gasteiger partial charge in [-0.05, 0) is 52.6 Å². The molecule has 2 heteroatoms. The van der Waals surface area contributed by atoms with E-state index in [9.17, 15) is 0 Å². The minimum atomic E-state index is 0.165. The van der Waals surface area contributed by atoms with Crippen molar-refractivity contribution in [2.45, 2.75) is 53.4 Å². The van der Waals surface area contributed by atoms with Crippen LogP contribution in [0.25, 0.3) is 0 Å². The fraction of sp³-hybridized carbons (Fsp3) is 0.429. The van der Waals surface area contributed by atoms with E-state index in [1.54, 1.807) is 0 Å². The van der Waals surface area contributed by atoms with Crippen molar-refractivity contribution < 1.29 is 0 Å². The Labute approximate surface area is 140 Å². The van der Waals surface area contributed by atoms with Crippen molar-refractivity contribution in [3.8, 4) is 0 Å². The quantitative estimate of drug-likeness (QED) is 0.546. The highest BCUT2D eigenvalue weighted by atomic mass is 15.1. The molecule has 0 saturated carbocycles. The van der Waals surface area contributed by atoms with E-state index in [-0.39, 0.29) is 5.41 Å². The molecule has 0 amide bonds. The monoisotopic (exact) mass is 308 g/mol. The van der Waals surface area contributed by atoms with Gasteiger partial charge in [-0.25, -0.2) is 0 Å². The second-order valence-corrected chi connectivity index (χ2v) is 8.40. The van der Waals surface area contributed by atoms with E-state index >= 15 is 0 Å². The van der Waals surface area contributed by atoms with E-state index in [0.29, 0.717) is 5.41 Å². The summed E-state index contributed by atoms with van der Waals surface area (Å²) in [4.78, 5) is 0. The first-order valence-corrected chi connectivity index (χ1v) is 8.25. The number of hydrogen-bond acceptors (Lipinski definition) is 2. The zero-order valence-corrected chi connectivity index (χ0v) is 15.2. The fourth-order valence-electron chi connectivity index (χ4n) is 2.44. The van der Waals surface area contributed by atoms with Crippen LogP contribution in [-0.2, 0) is 11.8 Å². The Hall–Kier alpha value is -1.96. The molecule has 2 nitrogen and oxygen atoms in total.